The fourth-order valence-corrected chi connectivity index (χ4v) is 3.37. The van der Waals surface area contributed by atoms with Gasteiger partial charge in [0.15, 0.2) is 0 Å². The number of fused-ring (bicyclic) bond motifs is 1. The number of nitrogens with zero attached hydrogens (tertiary/aromatic N) is 1. The third-order valence-corrected chi connectivity index (χ3v) is 4.79. The Morgan fingerprint density at radius 2 is 1.92 bits per heavy atom. The van der Waals surface area contributed by atoms with E-state index in [9.17, 15) is 18.0 Å². The number of benzene rings is 1. The van der Waals surface area contributed by atoms with E-state index in [2.05, 4.69) is 4.98 Å². The number of carbonyl (C=O) groups excluding carboxylic acids is 1. The highest BCUT2D eigenvalue weighted by molar-refractivity contribution is 5.67. The maximum atomic E-state index is 12.9. The molecule has 0 fully saturated rings. The number of halogens is 3. The van der Waals surface area contributed by atoms with Crippen molar-refractivity contribution in [3.63, 3.8) is 0 Å². The first-order valence-corrected chi connectivity index (χ1v) is 8.20. The fourth-order valence-electron chi connectivity index (χ4n) is 3.37. The first-order chi connectivity index (χ1) is 12.1. The number of pyridine rings is 1. The van der Waals surface area contributed by atoms with Crippen LogP contribution in [0.2, 0.25) is 0 Å². The highest BCUT2D eigenvalue weighted by Gasteiger charge is 2.38. The minimum atomic E-state index is -4.49. The van der Waals surface area contributed by atoms with Crippen molar-refractivity contribution in [1.29, 1.82) is 0 Å². The molecule has 1 heterocycles. The van der Waals surface area contributed by atoms with E-state index in [-0.39, 0.29) is 5.41 Å². The standard InChI is InChI=1S/C19H19F3N2O2/c1-18(2)7-5-13-9-11(3-4-14(13)16(18)26-17(23)25)12-6-8-24-15(10-12)19(20,21)22/h3-4,6,8-10,16H,5,7H2,1-2H3,(H2,23,25). The molecule has 7 heteroatoms. The monoisotopic (exact) mass is 364 g/mol. The Bertz CT molecular complexity index is 847. The molecule has 4 nitrogen and oxygen atoms in total. The highest BCUT2D eigenvalue weighted by Crippen LogP contribution is 2.46. The summed E-state index contributed by atoms with van der Waals surface area (Å²) < 4.78 is 44.0. The summed E-state index contributed by atoms with van der Waals surface area (Å²) in [5, 5.41) is 0. The van der Waals surface area contributed by atoms with Crippen molar-refractivity contribution in [2.75, 3.05) is 0 Å². The summed E-state index contributed by atoms with van der Waals surface area (Å²) in [4.78, 5) is 14.7. The third-order valence-electron chi connectivity index (χ3n) is 4.79. The number of hydrogen-bond donors (Lipinski definition) is 1. The average molecular weight is 364 g/mol. The zero-order valence-corrected chi connectivity index (χ0v) is 14.4. The lowest BCUT2D eigenvalue weighted by atomic mass is 9.71. The molecular formula is C19H19F3N2O2. The molecule has 138 valence electrons. The van der Waals surface area contributed by atoms with Crippen molar-refractivity contribution in [3.8, 4) is 11.1 Å². The molecule has 1 aliphatic rings. The number of primary amides is 1. The number of aromatic nitrogens is 1. The molecule has 3 rings (SSSR count). The highest BCUT2D eigenvalue weighted by atomic mass is 19.4. The molecule has 1 aromatic heterocycles. The van der Waals surface area contributed by atoms with E-state index in [1.807, 2.05) is 19.9 Å². The molecule has 2 N–H and O–H groups in total. The topological polar surface area (TPSA) is 65.2 Å². The first-order valence-electron chi connectivity index (χ1n) is 8.20. The summed E-state index contributed by atoms with van der Waals surface area (Å²) in [6, 6.07) is 7.95. The maximum absolute atomic E-state index is 12.9. The van der Waals surface area contributed by atoms with E-state index in [1.165, 1.54) is 0 Å². The van der Waals surface area contributed by atoms with Gasteiger partial charge in [-0.3, -0.25) is 4.98 Å². The van der Waals surface area contributed by atoms with E-state index < -0.39 is 24.1 Å². The van der Waals surface area contributed by atoms with Gasteiger partial charge in [-0.1, -0.05) is 32.0 Å². The number of ether oxygens (including phenoxy) is 1. The van der Waals surface area contributed by atoms with E-state index >= 15 is 0 Å². The van der Waals surface area contributed by atoms with E-state index in [1.54, 1.807) is 18.2 Å². The molecule has 0 radical (unpaired) electrons. The van der Waals surface area contributed by atoms with Gasteiger partial charge in [-0.2, -0.15) is 13.2 Å². The number of carbonyl (C=O) groups is 1. The molecule has 0 aliphatic heterocycles. The largest absolute Gasteiger partial charge is 0.441 e. The molecule has 0 spiro atoms. The fraction of sp³-hybridized carbons (Fsp3) is 0.368. The molecule has 0 bridgehead atoms. The van der Waals surface area contributed by atoms with Gasteiger partial charge in [0, 0.05) is 11.6 Å². The Balaban J connectivity index is 2.01. The van der Waals surface area contributed by atoms with Crippen LogP contribution in [0, 0.1) is 5.41 Å². The van der Waals surface area contributed by atoms with E-state index in [4.69, 9.17) is 10.5 Å². The van der Waals surface area contributed by atoms with Crippen molar-refractivity contribution in [2.45, 2.75) is 39.0 Å². The van der Waals surface area contributed by atoms with Gasteiger partial charge in [0.05, 0.1) is 0 Å². The third kappa shape index (κ3) is 3.52. The lowest BCUT2D eigenvalue weighted by molar-refractivity contribution is -0.141. The van der Waals surface area contributed by atoms with Crippen LogP contribution in [0.3, 0.4) is 0 Å². The van der Waals surface area contributed by atoms with Gasteiger partial charge >= 0.3 is 12.3 Å². The molecule has 2 aromatic rings. The minimum Gasteiger partial charge on any atom is -0.441 e. The first kappa shape index (κ1) is 18.2. The predicted octanol–water partition coefficient (Wildman–Crippen LogP) is 4.88. The van der Waals surface area contributed by atoms with E-state index in [0.717, 1.165) is 36.2 Å². The quantitative estimate of drug-likeness (QED) is 0.826. The summed E-state index contributed by atoms with van der Waals surface area (Å²) in [6.45, 7) is 3.99. The summed E-state index contributed by atoms with van der Waals surface area (Å²) in [5.41, 5.74) is 6.89. The molecule has 1 aliphatic carbocycles. The van der Waals surface area contributed by atoms with Gasteiger partial charge in [-0.05, 0) is 47.2 Å². The summed E-state index contributed by atoms with van der Waals surface area (Å²) in [6.07, 6.45) is -3.16. The number of rotatable bonds is 2. The second-order valence-electron chi connectivity index (χ2n) is 7.15. The molecule has 1 unspecified atom stereocenters. The smallest absolute Gasteiger partial charge is 0.433 e. The molecule has 0 saturated carbocycles. The molecule has 26 heavy (non-hydrogen) atoms. The van der Waals surface area contributed by atoms with Crippen LogP contribution in [0.5, 0.6) is 0 Å². The van der Waals surface area contributed by atoms with Crippen LogP contribution < -0.4 is 5.73 Å². The normalized spacial score (nSPS) is 18.9. The second kappa shape index (κ2) is 6.30. The van der Waals surface area contributed by atoms with Gasteiger partial charge in [-0.25, -0.2) is 4.79 Å². The van der Waals surface area contributed by atoms with Gasteiger partial charge in [0.2, 0.25) is 0 Å². The number of aryl methyl sites for hydroxylation is 1. The number of hydrogen-bond acceptors (Lipinski definition) is 3. The maximum Gasteiger partial charge on any atom is 0.433 e. The lowest BCUT2D eigenvalue weighted by Crippen LogP contribution is -2.33. The average Bonchev–Trinajstić information content (AvgIpc) is 2.56. The van der Waals surface area contributed by atoms with Gasteiger partial charge < -0.3 is 10.5 Å². The van der Waals surface area contributed by atoms with Crippen LogP contribution in [0.25, 0.3) is 11.1 Å². The Hall–Kier alpha value is -2.57. The number of nitrogens with two attached hydrogens (primary N) is 1. The van der Waals surface area contributed by atoms with Crippen molar-refractivity contribution >= 4 is 6.09 Å². The zero-order chi connectivity index (χ0) is 19.1. The summed E-state index contributed by atoms with van der Waals surface area (Å²) in [7, 11) is 0. The van der Waals surface area contributed by atoms with Crippen molar-refractivity contribution < 1.29 is 22.7 Å². The number of amides is 1. The van der Waals surface area contributed by atoms with E-state index in [0.29, 0.717) is 11.1 Å². The minimum absolute atomic E-state index is 0.274. The van der Waals surface area contributed by atoms with Crippen LogP contribution in [-0.4, -0.2) is 11.1 Å². The molecule has 1 atom stereocenters. The van der Waals surface area contributed by atoms with Crippen LogP contribution in [0.1, 0.15) is 43.2 Å². The Kier molecular flexibility index (Phi) is 4.42. The molecule has 0 saturated heterocycles. The van der Waals surface area contributed by atoms with Crippen LogP contribution in [-0.2, 0) is 17.3 Å². The predicted molar refractivity (Wildman–Crippen MR) is 90.2 cm³/mol. The van der Waals surface area contributed by atoms with Gasteiger partial charge in [0.1, 0.15) is 11.8 Å². The van der Waals surface area contributed by atoms with Gasteiger partial charge in [0.25, 0.3) is 0 Å². The molecule has 1 amide bonds. The Morgan fingerprint density at radius 3 is 2.58 bits per heavy atom. The van der Waals surface area contributed by atoms with Crippen molar-refractivity contribution in [2.24, 2.45) is 11.1 Å². The molecule has 1 aromatic carbocycles. The van der Waals surface area contributed by atoms with Gasteiger partial charge in [-0.15, -0.1) is 0 Å². The SMILES string of the molecule is CC1(C)CCc2cc(-c3ccnc(C(F)(F)F)c3)ccc2C1OC(N)=O. The summed E-state index contributed by atoms with van der Waals surface area (Å²) in [5.74, 6) is 0. The van der Waals surface area contributed by atoms with Crippen LogP contribution >= 0.6 is 0 Å². The lowest BCUT2D eigenvalue weighted by Gasteiger charge is -2.39. The zero-order valence-electron chi connectivity index (χ0n) is 14.4. The van der Waals surface area contributed by atoms with Crippen LogP contribution in [0.15, 0.2) is 36.5 Å². The Labute approximate surface area is 149 Å². The summed E-state index contributed by atoms with van der Waals surface area (Å²) >= 11 is 0. The van der Waals surface area contributed by atoms with Crippen molar-refractivity contribution in [1.82, 2.24) is 4.98 Å². The molecular weight excluding hydrogens is 345 g/mol. The second-order valence-corrected chi connectivity index (χ2v) is 7.15. The Morgan fingerprint density at radius 1 is 1.23 bits per heavy atom. The van der Waals surface area contributed by atoms with Crippen LogP contribution in [0.4, 0.5) is 18.0 Å². The van der Waals surface area contributed by atoms with Crippen molar-refractivity contribution in [3.05, 3.63) is 53.3 Å². The number of alkyl halides is 3.